The Hall–Kier alpha value is -2.40. The van der Waals surface area contributed by atoms with Crippen LogP contribution in [0.3, 0.4) is 0 Å². The minimum atomic E-state index is -0.731. The van der Waals surface area contributed by atoms with Crippen molar-refractivity contribution in [2.45, 2.75) is 57.2 Å². The number of ether oxygens (including phenoxy) is 2. The quantitative estimate of drug-likeness (QED) is 0.634. The van der Waals surface area contributed by atoms with E-state index in [0.717, 1.165) is 44.1 Å². The molecule has 0 atom stereocenters. The van der Waals surface area contributed by atoms with E-state index in [9.17, 15) is 9.18 Å². The number of aliphatic carboxylic acids is 1. The number of rotatable bonds is 8. The normalized spacial score (nSPS) is 25.8. The van der Waals surface area contributed by atoms with E-state index in [2.05, 4.69) is 0 Å². The second-order valence-electron chi connectivity index (χ2n) is 8.25. The average Bonchev–Trinajstić information content (AvgIpc) is 3.22. The highest BCUT2D eigenvalue weighted by atomic mass is 19.1. The number of hydrogen-bond acceptors (Lipinski definition) is 3. The van der Waals surface area contributed by atoms with Crippen LogP contribution < -0.4 is 4.74 Å². The molecular formula is C23H25FO4. The van der Waals surface area contributed by atoms with Crippen LogP contribution in [-0.4, -0.2) is 16.7 Å². The largest absolute Gasteiger partial charge is 0.481 e. The summed E-state index contributed by atoms with van der Waals surface area (Å²) in [5.74, 6) is 0.0351. The third-order valence-electron chi connectivity index (χ3n) is 6.24. The lowest BCUT2D eigenvalue weighted by atomic mass is 9.80. The monoisotopic (exact) mass is 384 g/mol. The van der Waals surface area contributed by atoms with Crippen molar-refractivity contribution in [3.05, 3.63) is 59.9 Å². The minimum Gasteiger partial charge on any atom is -0.481 e. The number of halogens is 1. The van der Waals surface area contributed by atoms with E-state index in [4.69, 9.17) is 14.6 Å². The Bertz CT molecular complexity index is 841. The molecule has 5 heteroatoms. The first-order valence-electron chi connectivity index (χ1n) is 9.84. The van der Waals surface area contributed by atoms with Crippen LogP contribution in [0, 0.1) is 11.2 Å². The molecule has 2 bridgehead atoms. The van der Waals surface area contributed by atoms with Crippen LogP contribution in [0.4, 0.5) is 4.39 Å². The van der Waals surface area contributed by atoms with Crippen LogP contribution in [0.25, 0.3) is 0 Å². The van der Waals surface area contributed by atoms with Crippen molar-refractivity contribution < 1.29 is 23.8 Å². The Morgan fingerprint density at radius 2 is 1.79 bits per heavy atom. The van der Waals surface area contributed by atoms with Crippen molar-refractivity contribution >= 4 is 5.97 Å². The van der Waals surface area contributed by atoms with Crippen molar-refractivity contribution in [3.63, 3.8) is 0 Å². The molecule has 0 heterocycles. The van der Waals surface area contributed by atoms with Crippen LogP contribution >= 0.6 is 0 Å². The molecule has 28 heavy (non-hydrogen) atoms. The van der Waals surface area contributed by atoms with Crippen molar-refractivity contribution in [1.82, 2.24) is 0 Å². The maximum atomic E-state index is 14.1. The predicted molar refractivity (Wildman–Crippen MR) is 103 cm³/mol. The van der Waals surface area contributed by atoms with Gasteiger partial charge in [-0.2, -0.15) is 0 Å². The van der Waals surface area contributed by atoms with Gasteiger partial charge in [0.25, 0.3) is 0 Å². The fourth-order valence-corrected chi connectivity index (χ4v) is 4.80. The van der Waals surface area contributed by atoms with Gasteiger partial charge in [-0.25, -0.2) is 4.39 Å². The molecule has 2 aliphatic carbocycles. The van der Waals surface area contributed by atoms with E-state index in [0.29, 0.717) is 18.1 Å². The van der Waals surface area contributed by atoms with Gasteiger partial charge in [-0.05, 0) is 73.8 Å². The van der Waals surface area contributed by atoms with Crippen molar-refractivity contribution in [2.24, 2.45) is 5.41 Å². The van der Waals surface area contributed by atoms with E-state index in [1.165, 1.54) is 12.1 Å². The van der Waals surface area contributed by atoms with Gasteiger partial charge < -0.3 is 14.6 Å². The molecule has 4 rings (SSSR count). The highest BCUT2D eigenvalue weighted by Crippen LogP contribution is 2.60. The number of fused-ring (bicyclic) bond motifs is 2. The Balaban J connectivity index is 1.40. The minimum absolute atomic E-state index is 0.113. The van der Waals surface area contributed by atoms with Gasteiger partial charge in [0.2, 0.25) is 0 Å². The van der Waals surface area contributed by atoms with Gasteiger partial charge in [0, 0.05) is 12.5 Å². The molecule has 0 unspecified atom stereocenters. The number of carboxylic acids is 1. The van der Waals surface area contributed by atoms with Crippen LogP contribution in [0.15, 0.2) is 48.5 Å². The molecule has 2 saturated carbocycles. The zero-order valence-corrected chi connectivity index (χ0v) is 15.8. The number of para-hydroxylation sites is 1. The van der Waals surface area contributed by atoms with Crippen molar-refractivity contribution in [3.8, 4) is 11.5 Å². The Kier molecular flexibility index (Phi) is 5.11. The SMILES string of the molecule is O=C(O)CCC12CCC(OCc3cc(F)cc(Oc4ccccc4)c3)(CC1)C2. The molecule has 0 radical (unpaired) electrons. The number of carbonyl (C=O) groups is 1. The summed E-state index contributed by atoms with van der Waals surface area (Å²) < 4.78 is 26.1. The van der Waals surface area contributed by atoms with E-state index < -0.39 is 5.97 Å². The summed E-state index contributed by atoms with van der Waals surface area (Å²) in [7, 11) is 0. The zero-order valence-electron chi connectivity index (χ0n) is 15.8. The topological polar surface area (TPSA) is 55.8 Å². The molecule has 4 nitrogen and oxygen atoms in total. The lowest BCUT2D eigenvalue weighted by Gasteiger charge is -2.28. The van der Waals surface area contributed by atoms with E-state index in [1.807, 2.05) is 36.4 Å². The molecule has 2 fully saturated rings. The first-order valence-corrected chi connectivity index (χ1v) is 9.84. The highest BCUT2D eigenvalue weighted by molar-refractivity contribution is 5.66. The summed E-state index contributed by atoms with van der Waals surface area (Å²) in [6.45, 7) is 0.331. The van der Waals surface area contributed by atoms with Gasteiger partial charge in [0.15, 0.2) is 0 Å². The standard InChI is InChI=1S/C23H25FO4/c24-18-12-17(13-20(14-18)28-19-4-2-1-3-5-19)15-27-23-10-8-22(16-23,9-11-23)7-6-21(25)26/h1-5,12-14H,6-11,15-16H2,(H,25,26). The lowest BCUT2D eigenvalue weighted by molar-refractivity contribution is -0.137. The molecule has 2 aromatic rings. The lowest BCUT2D eigenvalue weighted by Crippen LogP contribution is -2.26. The van der Waals surface area contributed by atoms with Crippen LogP contribution in [-0.2, 0) is 16.1 Å². The summed E-state index contributed by atoms with van der Waals surface area (Å²) in [6.07, 6.45) is 5.81. The van der Waals surface area contributed by atoms with Crippen LogP contribution in [0.2, 0.25) is 0 Å². The molecule has 2 aliphatic rings. The van der Waals surface area contributed by atoms with Crippen molar-refractivity contribution in [2.75, 3.05) is 0 Å². The molecule has 1 N–H and O–H groups in total. The fourth-order valence-electron chi connectivity index (χ4n) is 4.80. The van der Waals surface area contributed by atoms with Gasteiger partial charge >= 0.3 is 5.97 Å². The maximum Gasteiger partial charge on any atom is 0.303 e. The Morgan fingerprint density at radius 1 is 1.04 bits per heavy atom. The summed E-state index contributed by atoms with van der Waals surface area (Å²) in [5.41, 5.74) is 0.669. The van der Waals surface area contributed by atoms with Gasteiger partial charge in [-0.1, -0.05) is 18.2 Å². The summed E-state index contributed by atoms with van der Waals surface area (Å²) in [5, 5.41) is 8.99. The van der Waals surface area contributed by atoms with Crippen molar-refractivity contribution in [1.29, 1.82) is 0 Å². The van der Waals surface area contributed by atoms with Crippen LogP contribution in [0.5, 0.6) is 11.5 Å². The van der Waals surface area contributed by atoms with Gasteiger partial charge in [-0.3, -0.25) is 4.79 Å². The fraction of sp³-hybridized carbons (Fsp3) is 0.435. The first-order chi connectivity index (χ1) is 13.5. The molecule has 0 spiro atoms. The predicted octanol–water partition coefficient (Wildman–Crippen LogP) is 5.70. The molecule has 0 aromatic heterocycles. The smallest absolute Gasteiger partial charge is 0.303 e. The van der Waals surface area contributed by atoms with Gasteiger partial charge in [0.05, 0.1) is 12.2 Å². The number of hydrogen-bond donors (Lipinski definition) is 1. The Labute approximate surface area is 164 Å². The number of carboxylic acid groups (broad SMARTS) is 1. The third-order valence-corrected chi connectivity index (χ3v) is 6.24. The highest BCUT2D eigenvalue weighted by Gasteiger charge is 2.54. The molecule has 0 amide bonds. The zero-order chi connectivity index (χ0) is 19.6. The summed E-state index contributed by atoms with van der Waals surface area (Å²) in [6, 6.07) is 14.0. The van der Waals surface area contributed by atoms with Crippen LogP contribution in [0.1, 0.15) is 50.5 Å². The second-order valence-corrected chi connectivity index (χ2v) is 8.25. The van der Waals surface area contributed by atoms with E-state index in [-0.39, 0.29) is 23.3 Å². The van der Waals surface area contributed by atoms with Gasteiger partial charge in [0.1, 0.15) is 17.3 Å². The van der Waals surface area contributed by atoms with Gasteiger partial charge in [-0.15, -0.1) is 0 Å². The van der Waals surface area contributed by atoms with E-state index >= 15 is 0 Å². The summed E-state index contributed by atoms with van der Waals surface area (Å²) in [4.78, 5) is 10.9. The molecule has 2 aromatic carbocycles. The molecule has 0 saturated heterocycles. The average molecular weight is 384 g/mol. The molecule has 0 aliphatic heterocycles. The molecule has 148 valence electrons. The van der Waals surface area contributed by atoms with E-state index in [1.54, 1.807) is 0 Å². The maximum absolute atomic E-state index is 14.1. The third kappa shape index (κ3) is 4.20. The number of benzene rings is 2. The first kappa shape index (κ1) is 18.9. The Morgan fingerprint density at radius 3 is 2.50 bits per heavy atom. The molecular weight excluding hydrogens is 359 g/mol. The summed E-state index contributed by atoms with van der Waals surface area (Å²) >= 11 is 0. The second kappa shape index (κ2) is 7.55.